The van der Waals surface area contributed by atoms with Crippen molar-refractivity contribution in [1.29, 1.82) is 0 Å². The fourth-order valence-corrected chi connectivity index (χ4v) is 1.23. The summed E-state index contributed by atoms with van der Waals surface area (Å²) in [6.07, 6.45) is -3.61. The predicted molar refractivity (Wildman–Crippen MR) is 66.2 cm³/mol. The molecule has 0 radical (unpaired) electrons. The second-order valence-electron chi connectivity index (χ2n) is 3.64. The van der Waals surface area contributed by atoms with Crippen molar-refractivity contribution < 1.29 is 27.5 Å². The van der Waals surface area contributed by atoms with Crippen molar-refractivity contribution in [3.63, 3.8) is 0 Å². The van der Waals surface area contributed by atoms with Gasteiger partial charge in [0.25, 0.3) is 5.78 Å². The molecule has 0 amide bonds. The van der Waals surface area contributed by atoms with Crippen LogP contribution in [0.2, 0.25) is 0 Å². The van der Waals surface area contributed by atoms with Gasteiger partial charge in [0.1, 0.15) is 0 Å². The lowest BCUT2D eigenvalue weighted by Crippen LogP contribution is -2.20. The average Bonchev–Trinajstić information content (AvgIpc) is 2.38. The van der Waals surface area contributed by atoms with Crippen LogP contribution in [0.15, 0.2) is 36.5 Å². The monoisotopic (exact) mass is 287 g/mol. The average molecular weight is 287 g/mol. The van der Waals surface area contributed by atoms with Gasteiger partial charge in [-0.2, -0.15) is 13.2 Å². The van der Waals surface area contributed by atoms with Crippen molar-refractivity contribution in [3.05, 3.63) is 42.1 Å². The van der Waals surface area contributed by atoms with Crippen LogP contribution in [0.25, 0.3) is 0 Å². The summed E-state index contributed by atoms with van der Waals surface area (Å²) in [5.41, 5.74) is 0.761. The summed E-state index contributed by atoms with van der Waals surface area (Å²) in [5.74, 6) is -2.44. The molecule has 1 N–H and O–H groups in total. The largest absolute Gasteiger partial charge is 0.462 e. The van der Waals surface area contributed by atoms with E-state index in [0.29, 0.717) is 17.3 Å². The summed E-state index contributed by atoms with van der Waals surface area (Å²) in [6.45, 7) is 1.93. The van der Waals surface area contributed by atoms with Crippen molar-refractivity contribution in [1.82, 2.24) is 0 Å². The molecule has 0 aromatic heterocycles. The topological polar surface area (TPSA) is 55.4 Å². The number of anilines is 1. The minimum Gasteiger partial charge on any atom is -0.462 e. The van der Waals surface area contributed by atoms with Crippen LogP contribution >= 0.6 is 0 Å². The number of ether oxygens (including phenoxy) is 1. The molecule has 0 saturated heterocycles. The molecule has 7 heteroatoms. The number of allylic oxidation sites excluding steroid dienone is 1. The van der Waals surface area contributed by atoms with Gasteiger partial charge < -0.3 is 10.1 Å². The Hall–Kier alpha value is -2.31. The molecule has 1 aromatic carbocycles. The normalized spacial score (nSPS) is 11.4. The molecule has 0 aliphatic carbocycles. The number of halogens is 3. The minimum atomic E-state index is -4.88. The predicted octanol–water partition coefficient (Wildman–Crippen LogP) is 2.92. The number of hydrogen-bond acceptors (Lipinski definition) is 4. The fraction of sp³-hybridized carbons (Fsp3) is 0.231. The first-order valence-corrected chi connectivity index (χ1v) is 5.66. The zero-order valence-electron chi connectivity index (χ0n) is 10.5. The highest BCUT2D eigenvalue weighted by molar-refractivity contribution is 5.94. The zero-order chi connectivity index (χ0) is 15.2. The van der Waals surface area contributed by atoms with E-state index in [1.165, 1.54) is 24.3 Å². The van der Waals surface area contributed by atoms with E-state index >= 15 is 0 Å². The van der Waals surface area contributed by atoms with Crippen molar-refractivity contribution in [3.8, 4) is 0 Å². The van der Waals surface area contributed by atoms with Gasteiger partial charge in [-0.15, -0.1) is 0 Å². The Kier molecular flexibility index (Phi) is 5.31. The number of ketones is 1. The van der Waals surface area contributed by atoms with Crippen molar-refractivity contribution >= 4 is 17.4 Å². The molecular formula is C13H12F3NO3. The first-order chi connectivity index (χ1) is 9.34. The molecule has 0 aliphatic rings. The highest BCUT2D eigenvalue weighted by Crippen LogP contribution is 2.16. The van der Waals surface area contributed by atoms with E-state index in [2.05, 4.69) is 5.32 Å². The van der Waals surface area contributed by atoms with Crippen LogP contribution in [0.4, 0.5) is 18.9 Å². The van der Waals surface area contributed by atoms with Crippen molar-refractivity contribution in [2.45, 2.75) is 13.1 Å². The van der Waals surface area contributed by atoms with Crippen molar-refractivity contribution in [2.75, 3.05) is 11.9 Å². The Bertz CT molecular complexity index is 507. The van der Waals surface area contributed by atoms with Gasteiger partial charge in [-0.3, -0.25) is 4.79 Å². The van der Waals surface area contributed by atoms with E-state index in [4.69, 9.17) is 4.74 Å². The third-order valence-electron chi connectivity index (χ3n) is 2.16. The van der Waals surface area contributed by atoms with Gasteiger partial charge in [-0.05, 0) is 31.2 Å². The Morgan fingerprint density at radius 2 is 1.85 bits per heavy atom. The van der Waals surface area contributed by atoms with Gasteiger partial charge in [0.15, 0.2) is 0 Å². The van der Waals surface area contributed by atoms with Crippen LogP contribution in [-0.2, 0) is 9.53 Å². The van der Waals surface area contributed by atoms with E-state index < -0.39 is 17.9 Å². The number of hydrogen-bond donors (Lipinski definition) is 1. The van der Waals surface area contributed by atoms with Crippen LogP contribution in [-0.4, -0.2) is 24.5 Å². The second-order valence-corrected chi connectivity index (χ2v) is 3.64. The Labute approximate surface area is 113 Å². The summed E-state index contributed by atoms with van der Waals surface area (Å²) in [5, 5.41) is 2.49. The highest BCUT2D eigenvalue weighted by atomic mass is 19.4. The number of benzene rings is 1. The number of nitrogens with one attached hydrogen (secondary N) is 1. The van der Waals surface area contributed by atoms with Gasteiger partial charge >= 0.3 is 12.1 Å². The maximum atomic E-state index is 11.9. The van der Waals surface area contributed by atoms with E-state index in [-0.39, 0.29) is 6.61 Å². The summed E-state index contributed by atoms with van der Waals surface area (Å²) >= 11 is 0. The molecule has 1 aromatic rings. The molecule has 1 rings (SSSR count). The number of rotatable bonds is 5. The van der Waals surface area contributed by atoms with Crippen LogP contribution in [0.3, 0.4) is 0 Å². The highest BCUT2D eigenvalue weighted by Gasteiger charge is 2.35. The standard InChI is InChI=1S/C13H12F3NO3/c1-2-20-12(19)9-3-5-10(6-4-9)17-8-7-11(18)13(14,15)16/h3-8,17H,2H2,1H3. The minimum absolute atomic E-state index is 0.251. The lowest BCUT2D eigenvalue weighted by molar-refractivity contribution is -0.165. The first-order valence-electron chi connectivity index (χ1n) is 5.66. The molecule has 0 heterocycles. The SMILES string of the molecule is CCOC(=O)c1ccc(NC=CC(=O)C(F)(F)F)cc1. The maximum Gasteiger partial charge on any atom is 0.454 e. The van der Waals surface area contributed by atoms with E-state index in [9.17, 15) is 22.8 Å². The third kappa shape index (κ3) is 4.75. The van der Waals surface area contributed by atoms with Crippen molar-refractivity contribution in [2.24, 2.45) is 0 Å². The zero-order valence-corrected chi connectivity index (χ0v) is 10.5. The lowest BCUT2D eigenvalue weighted by Gasteiger charge is -2.04. The third-order valence-corrected chi connectivity index (χ3v) is 2.16. The molecule has 4 nitrogen and oxygen atoms in total. The Morgan fingerprint density at radius 1 is 1.25 bits per heavy atom. The summed E-state index contributed by atoms with van der Waals surface area (Å²) in [6, 6.07) is 5.88. The molecule has 0 saturated carbocycles. The number of carbonyl (C=O) groups excluding carboxylic acids is 2. The van der Waals surface area contributed by atoms with E-state index in [1.807, 2.05) is 0 Å². The van der Waals surface area contributed by atoms with Gasteiger partial charge in [0.05, 0.1) is 12.2 Å². The quantitative estimate of drug-likeness (QED) is 0.668. The van der Waals surface area contributed by atoms with Gasteiger partial charge in [-0.1, -0.05) is 0 Å². The smallest absolute Gasteiger partial charge is 0.454 e. The van der Waals surface area contributed by atoms with Gasteiger partial charge in [-0.25, -0.2) is 4.79 Å². The maximum absolute atomic E-state index is 11.9. The van der Waals surface area contributed by atoms with Crippen LogP contribution in [0, 0.1) is 0 Å². The number of carbonyl (C=O) groups is 2. The molecule has 0 aliphatic heterocycles. The Morgan fingerprint density at radius 3 is 2.35 bits per heavy atom. The summed E-state index contributed by atoms with van der Waals surface area (Å²) in [7, 11) is 0. The fourth-order valence-electron chi connectivity index (χ4n) is 1.23. The second kappa shape index (κ2) is 6.74. The Balaban J connectivity index is 2.60. The molecule has 0 atom stereocenters. The molecule has 0 spiro atoms. The van der Waals surface area contributed by atoms with Gasteiger partial charge in [0, 0.05) is 18.0 Å². The molecule has 0 fully saturated rings. The molecule has 0 bridgehead atoms. The van der Waals surface area contributed by atoms with E-state index in [1.54, 1.807) is 6.92 Å². The number of esters is 1. The lowest BCUT2D eigenvalue weighted by atomic mass is 10.2. The summed E-state index contributed by atoms with van der Waals surface area (Å²) < 4.78 is 40.5. The van der Waals surface area contributed by atoms with E-state index in [0.717, 1.165) is 6.20 Å². The molecular weight excluding hydrogens is 275 g/mol. The van der Waals surface area contributed by atoms with Crippen LogP contribution in [0.5, 0.6) is 0 Å². The molecule has 20 heavy (non-hydrogen) atoms. The van der Waals surface area contributed by atoms with Gasteiger partial charge in [0.2, 0.25) is 0 Å². The first kappa shape index (κ1) is 15.7. The van der Waals surface area contributed by atoms with Crippen LogP contribution < -0.4 is 5.32 Å². The van der Waals surface area contributed by atoms with Crippen LogP contribution in [0.1, 0.15) is 17.3 Å². The number of alkyl halides is 3. The summed E-state index contributed by atoms with van der Waals surface area (Å²) in [4.78, 5) is 21.9. The molecule has 108 valence electrons. The molecule has 0 unspecified atom stereocenters.